The van der Waals surface area contributed by atoms with Gasteiger partial charge in [-0.05, 0) is 25.0 Å². The molecule has 0 fully saturated rings. The van der Waals surface area contributed by atoms with Crippen LogP contribution in [-0.4, -0.2) is 98.4 Å². The molecule has 11 N–H and O–H groups in total. The summed E-state index contributed by atoms with van der Waals surface area (Å²) in [6.45, 7) is 5.22. The molecule has 0 saturated heterocycles. The van der Waals surface area contributed by atoms with E-state index >= 15 is 0 Å². The molecular weight excluding hydrogens is 472 g/mol. The molecule has 0 aromatic carbocycles. The second-order valence-corrected chi connectivity index (χ2v) is 8.62. The molecular formula is C20H42N12O2S. The molecule has 1 atom stereocenters. The van der Waals surface area contributed by atoms with Crippen LogP contribution >= 0.6 is 11.8 Å². The van der Waals surface area contributed by atoms with Crippen molar-refractivity contribution in [2.24, 2.45) is 42.9 Å². The van der Waals surface area contributed by atoms with Gasteiger partial charge in [-0.3, -0.25) is 40.2 Å². The number of carbonyl (C=O) groups is 2. The zero-order chi connectivity index (χ0) is 26.6. The van der Waals surface area contributed by atoms with Crippen LogP contribution in [0.5, 0.6) is 0 Å². The standard InChI is InChI=1S/C20H42N12O2S/c1-5-35-13-15(29-14(2)33)16(34)32(12-8-10-28-20(24)31-18(22)26-4)11-7-6-9-27-19(23)30-17(21)25-3/h15H,5-13H2,1-4H3,(H,29,33)(H5,21,23,25,27,30)(H5,22,24,26,28,31)/t15-/m1/s1. The van der Waals surface area contributed by atoms with Crippen molar-refractivity contribution in [2.75, 3.05) is 51.8 Å². The molecule has 0 saturated carbocycles. The highest BCUT2D eigenvalue weighted by atomic mass is 32.2. The van der Waals surface area contributed by atoms with E-state index in [0.717, 1.165) is 5.75 Å². The van der Waals surface area contributed by atoms with Crippen molar-refractivity contribution in [3.63, 3.8) is 0 Å². The first kappa shape index (κ1) is 31.8. The first-order valence-corrected chi connectivity index (χ1v) is 12.5. The van der Waals surface area contributed by atoms with Crippen LogP contribution in [0.3, 0.4) is 0 Å². The van der Waals surface area contributed by atoms with E-state index in [1.165, 1.54) is 14.0 Å². The van der Waals surface area contributed by atoms with E-state index < -0.39 is 6.04 Å². The third-order valence-corrected chi connectivity index (χ3v) is 5.43. The van der Waals surface area contributed by atoms with E-state index in [1.807, 2.05) is 6.92 Å². The Morgan fingerprint density at radius 2 is 1.37 bits per heavy atom. The lowest BCUT2D eigenvalue weighted by atomic mass is 10.2. The molecule has 0 bridgehead atoms. The third kappa shape index (κ3) is 16.1. The van der Waals surface area contributed by atoms with Crippen molar-refractivity contribution in [3.8, 4) is 0 Å². The lowest BCUT2D eigenvalue weighted by molar-refractivity contribution is -0.135. The molecule has 14 nitrogen and oxygen atoms in total. The van der Waals surface area contributed by atoms with Crippen LogP contribution in [-0.2, 0) is 9.59 Å². The Kier molecular flexibility index (Phi) is 17.4. The van der Waals surface area contributed by atoms with Crippen LogP contribution in [0.1, 0.15) is 33.1 Å². The highest BCUT2D eigenvalue weighted by Crippen LogP contribution is 2.08. The molecule has 0 aliphatic carbocycles. The number of guanidine groups is 4. The van der Waals surface area contributed by atoms with E-state index in [2.05, 4.69) is 35.9 Å². The molecule has 0 radical (unpaired) electrons. The van der Waals surface area contributed by atoms with Crippen molar-refractivity contribution in [3.05, 3.63) is 0 Å². The molecule has 0 unspecified atom stereocenters. The number of unbranched alkanes of at least 4 members (excludes halogenated alkanes) is 1. The van der Waals surface area contributed by atoms with Crippen LogP contribution in [0.2, 0.25) is 0 Å². The van der Waals surface area contributed by atoms with Gasteiger partial charge in [-0.15, -0.1) is 0 Å². The number of hydrogen-bond donors (Lipinski definition) is 7. The molecule has 0 aromatic heterocycles. The fraction of sp³-hybridized carbons (Fsp3) is 0.700. The van der Waals surface area contributed by atoms with Crippen LogP contribution in [0.4, 0.5) is 0 Å². The molecule has 200 valence electrons. The number of nitrogens with two attached hydrogens (primary N) is 4. The van der Waals surface area contributed by atoms with Crippen LogP contribution in [0, 0.1) is 0 Å². The maximum atomic E-state index is 13.2. The Labute approximate surface area is 211 Å². The second-order valence-electron chi connectivity index (χ2n) is 7.30. The van der Waals surface area contributed by atoms with Crippen molar-refractivity contribution in [1.29, 1.82) is 0 Å². The topological polar surface area (TPSA) is 227 Å². The fourth-order valence-corrected chi connectivity index (χ4v) is 3.43. The summed E-state index contributed by atoms with van der Waals surface area (Å²) in [5, 5.41) is 8.09. The van der Waals surface area contributed by atoms with Crippen LogP contribution in [0.25, 0.3) is 0 Å². The predicted molar refractivity (Wildman–Crippen MR) is 145 cm³/mol. The molecule has 15 heteroatoms. The lowest BCUT2D eigenvalue weighted by Gasteiger charge is -2.27. The van der Waals surface area contributed by atoms with Gasteiger partial charge in [-0.2, -0.15) is 11.8 Å². The zero-order valence-electron chi connectivity index (χ0n) is 21.2. The first-order chi connectivity index (χ1) is 16.6. The summed E-state index contributed by atoms with van der Waals surface area (Å²) in [6.07, 6.45) is 1.98. The average molecular weight is 515 g/mol. The Bertz CT molecular complexity index is 769. The molecule has 2 amide bonds. The normalized spacial score (nSPS) is 13.8. The molecule has 35 heavy (non-hydrogen) atoms. The zero-order valence-corrected chi connectivity index (χ0v) is 22.0. The molecule has 0 aromatic rings. The van der Waals surface area contributed by atoms with Gasteiger partial charge in [0.1, 0.15) is 6.04 Å². The van der Waals surface area contributed by atoms with Gasteiger partial charge in [0.2, 0.25) is 11.8 Å². The van der Waals surface area contributed by atoms with E-state index in [4.69, 9.17) is 22.9 Å². The molecule has 0 aliphatic rings. The second kappa shape index (κ2) is 19.1. The Hall–Kier alpha value is -3.23. The van der Waals surface area contributed by atoms with Gasteiger partial charge in [-0.1, -0.05) is 6.92 Å². The minimum absolute atomic E-state index is 0.129. The van der Waals surface area contributed by atoms with Crippen molar-refractivity contribution >= 4 is 47.4 Å². The van der Waals surface area contributed by atoms with Crippen molar-refractivity contribution < 1.29 is 9.59 Å². The van der Waals surface area contributed by atoms with Crippen molar-refractivity contribution in [2.45, 2.75) is 39.2 Å². The number of rotatable bonds is 14. The summed E-state index contributed by atoms with van der Waals surface area (Å²) in [4.78, 5) is 42.5. The number of aliphatic imine (C=N–C) groups is 4. The minimum Gasteiger partial charge on any atom is -0.370 e. The van der Waals surface area contributed by atoms with Gasteiger partial charge in [0.15, 0.2) is 23.8 Å². The summed E-state index contributed by atoms with van der Waals surface area (Å²) in [5.74, 6) is 1.65. The average Bonchev–Trinajstić information content (AvgIpc) is 2.81. The molecule has 0 spiro atoms. The lowest BCUT2D eigenvalue weighted by Crippen LogP contribution is -2.50. The summed E-state index contributed by atoms with van der Waals surface area (Å²) in [5.41, 5.74) is 22.6. The van der Waals surface area contributed by atoms with E-state index in [-0.39, 0.29) is 35.7 Å². The molecule has 0 aliphatic heterocycles. The van der Waals surface area contributed by atoms with Crippen molar-refractivity contribution in [1.82, 2.24) is 20.9 Å². The SMILES string of the molecule is CCSC[C@@H](NC(C)=O)C(=O)N(CCCCN=C(N)NC(N)=NC)CCCN=C(N)NC(N)=NC. The van der Waals surface area contributed by atoms with E-state index in [9.17, 15) is 9.59 Å². The summed E-state index contributed by atoms with van der Waals surface area (Å²) in [6, 6.07) is -0.595. The number of nitrogens with one attached hydrogen (secondary N) is 3. The highest BCUT2D eigenvalue weighted by Gasteiger charge is 2.24. The van der Waals surface area contributed by atoms with Gasteiger partial charge in [0, 0.05) is 53.0 Å². The minimum atomic E-state index is -0.595. The number of thioether (sulfide) groups is 1. The van der Waals surface area contributed by atoms with Gasteiger partial charge >= 0.3 is 0 Å². The monoisotopic (exact) mass is 514 g/mol. The molecule has 0 heterocycles. The first-order valence-electron chi connectivity index (χ1n) is 11.4. The summed E-state index contributed by atoms with van der Waals surface area (Å²) < 4.78 is 0. The number of carbonyl (C=O) groups excluding carboxylic acids is 2. The fourth-order valence-electron chi connectivity index (χ4n) is 2.74. The van der Waals surface area contributed by atoms with Crippen LogP contribution in [0.15, 0.2) is 20.0 Å². The molecule has 0 rings (SSSR count). The van der Waals surface area contributed by atoms with Crippen LogP contribution < -0.4 is 38.9 Å². The Morgan fingerprint density at radius 1 is 0.857 bits per heavy atom. The van der Waals surface area contributed by atoms with Gasteiger partial charge in [-0.25, -0.2) is 0 Å². The summed E-state index contributed by atoms with van der Waals surface area (Å²) in [7, 11) is 3.08. The maximum Gasteiger partial charge on any atom is 0.246 e. The number of hydrogen-bond acceptors (Lipinski definition) is 7. The summed E-state index contributed by atoms with van der Waals surface area (Å²) >= 11 is 1.60. The van der Waals surface area contributed by atoms with Gasteiger partial charge < -0.3 is 33.2 Å². The highest BCUT2D eigenvalue weighted by molar-refractivity contribution is 7.99. The van der Waals surface area contributed by atoms with Gasteiger partial charge in [0.25, 0.3) is 0 Å². The quantitative estimate of drug-likeness (QED) is 0.0766. The largest absolute Gasteiger partial charge is 0.370 e. The van der Waals surface area contributed by atoms with E-state index in [1.54, 1.807) is 23.7 Å². The number of amides is 2. The maximum absolute atomic E-state index is 13.2. The Balaban J connectivity index is 5.06. The smallest absolute Gasteiger partial charge is 0.246 e. The van der Waals surface area contributed by atoms with E-state index in [0.29, 0.717) is 51.2 Å². The van der Waals surface area contributed by atoms with Gasteiger partial charge in [0.05, 0.1) is 0 Å². The number of nitrogens with zero attached hydrogens (tertiary/aromatic N) is 5. The predicted octanol–water partition coefficient (Wildman–Crippen LogP) is -2.06. The third-order valence-electron chi connectivity index (χ3n) is 4.46. The Morgan fingerprint density at radius 3 is 1.86 bits per heavy atom.